The molecule has 0 bridgehead atoms. The van der Waals surface area contributed by atoms with Crippen LogP contribution in [-0.4, -0.2) is 6.04 Å². The van der Waals surface area contributed by atoms with E-state index in [1.54, 1.807) is 0 Å². The van der Waals surface area contributed by atoms with Gasteiger partial charge in [-0.25, -0.2) is 8.78 Å². The highest BCUT2D eigenvalue weighted by atomic mass is 19.1. The molecule has 2 unspecified atom stereocenters. The molecule has 1 saturated carbocycles. The van der Waals surface area contributed by atoms with E-state index >= 15 is 0 Å². The van der Waals surface area contributed by atoms with Gasteiger partial charge in [0.05, 0.1) is 12.0 Å². The summed E-state index contributed by atoms with van der Waals surface area (Å²) < 4.78 is 26.7. The topological polar surface area (TPSA) is 35.8 Å². The molecule has 0 amide bonds. The molecule has 0 aliphatic heterocycles. The third kappa shape index (κ3) is 2.62. The number of halogens is 2. The molecular formula is C13H14F2N2. The van der Waals surface area contributed by atoms with E-state index in [-0.39, 0.29) is 24.1 Å². The van der Waals surface area contributed by atoms with E-state index in [4.69, 9.17) is 5.26 Å². The molecule has 0 aromatic heterocycles. The van der Waals surface area contributed by atoms with Gasteiger partial charge in [0.25, 0.3) is 0 Å². The summed E-state index contributed by atoms with van der Waals surface area (Å²) in [5.41, 5.74) is 0.0519. The highest BCUT2D eigenvalue weighted by molar-refractivity contribution is 5.19. The average molecular weight is 236 g/mol. The molecule has 1 N–H and O–H groups in total. The maximum absolute atomic E-state index is 13.4. The fraction of sp³-hybridized carbons (Fsp3) is 0.462. The van der Waals surface area contributed by atoms with E-state index < -0.39 is 11.6 Å². The Kier molecular flexibility index (Phi) is 3.70. The Morgan fingerprint density at radius 3 is 2.65 bits per heavy atom. The van der Waals surface area contributed by atoms with Gasteiger partial charge < -0.3 is 5.32 Å². The summed E-state index contributed by atoms with van der Waals surface area (Å²) >= 11 is 0. The van der Waals surface area contributed by atoms with Crippen molar-refractivity contribution in [1.29, 1.82) is 5.26 Å². The molecule has 2 atom stereocenters. The number of hydrogen-bond donors (Lipinski definition) is 1. The summed E-state index contributed by atoms with van der Waals surface area (Å²) in [5, 5.41) is 12.0. The zero-order valence-electron chi connectivity index (χ0n) is 9.42. The molecule has 1 aliphatic carbocycles. The summed E-state index contributed by atoms with van der Waals surface area (Å²) in [6.07, 6.45) is 2.76. The number of nitriles is 1. The Hall–Kier alpha value is -1.47. The largest absolute Gasteiger partial charge is 0.308 e. The predicted octanol–water partition coefficient (Wildman–Crippen LogP) is 2.75. The number of nitrogens with one attached hydrogen (secondary N) is 1. The van der Waals surface area contributed by atoms with Gasteiger partial charge in [-0.05, 0) is 25.0 Å². The molecule has 1 aliphatic rings. The Labute approximate surface area is 99.3 Å². The Balaban J connectivity index is 2.01. The highest BCUT2D eigenvalue weighted by Crippen LogP contribution is 2.25. The van der Waals surface area contributed by atoms with Gasteiger partial charge in [0.1, 0.15) is 11.6 Å². The van der Waals surface area contributed by atoms with Crippen LogP contribution in [0.15, 0.2) is 18.2 Å². The van der Waals surface area contributed by atoms with Crippen molar-refractivity contribution in [2.45, 2.75) is 31.8 Å². The average Bonchev–Trinajstić information content (AvgIpc) is 2.76. The third-order valence-electron chi connectivity index (χ3n) is 3.28. The van der Waals surface area contributed by atoms with Crippen molar-refractivity contribution in [1.82, 2.24) is 5.32 Å². The summed E-state index contributed by atoms with van der Waals surface area (Å²) in [4.78, 5) is 0. The van der Waals surface area contributed by atoms with Crippen LogP contribution >= 0.6 is 0 Å². The maximum Gasteiger partial charge on any atom is 0.130 e. The van der Waals surface area contributed by atoms with Gasteiger partial charge in [0.2, 0.25) is 0 Å². The Bertz CT molecular complexity index is 419. The van der Waals surface area contributed by atoms with Crippen LogP contribution in [0.3, 0.4) is 0 Å². The summed E-state index contributed by atoms with van der Waals surface area (Å²) in [6.45, 7) is 0.140. The lowest BCUT2D eigenvalue weighted by Crippen LogP contribution is -2.31. The molecule has 17 heavy (non-hydrogen) atoms. The molecule has 0 spiro atoms. The first-order valence-electron chi connectivity index (χ1n) is 5.78. The van der Waals surface area contributed by atoms with Crippen LogP contribution in [0.2, 0.25) is 0 Å². The van der Waals surface area contributed by atoms with Crippen LogP contribution in [0.1, 0.15) is 24.8 Å². The first-order valence-corrected chi connectivity index (χ1v) is 5.78. The SMILES string of the molecule is N#CC1CCCC1NCc1c(F)cccc1F. The molecule has 2 nitrogen and oxygen atoms in total. The van der Waals surface area contributed by atoms with Crippen molar-refractivity contribution in [2.24, 2.45) is 5.92 Å². The Morgan fingerprint density at radius 2 is 2.00 bits per heavy atom. The minimum Gasteiger partial charge on any atom is -0.308 e. The van der Waals surface area contributed by atoms with Crippen molar-refractivity contribution >= 4 is 0 Å². The van der Waals surface area contributed by atoms with E-state index in [1.807, 2.05) is 0 Å². The van der Waals surface area contributed by atoms with Gasteiger partial charge in [0.15, 0.2) is 0 Å². The molecule has 0 saturated heterocycles. The van der Waals surface area contributed by atoms with E-state index in [2.05, 4.69) is 11.4 Å². The van der Waals surface area contributed by atoms with Crippen molar-refractivity contribution < 1.29 is 8.78 Å². The molecule has 0 heterocycles. The van der Waals surface area contributed by atoms with E-state index in [1.165, 1.54) is 18.2 Å². The van der Waals surface area contributed by atoms with Gasteiger partial charge in [-0.2, -0.15) is 5.26 Å². The summed E-state index contributed by atoms with van der Waals surface area (Å²) in [5.74, 6) is -1.11. The lowest BCUT2D eigenvalue weighted by atomic mass is 10.1. The first-order chi connectivity index (χ1) is 8.22. The molecule has 4 heteroatoms. The van der Waals surface area contributed by atoms with Gasteiger partial charge in [0, 0.05) is 18.2 Å². The summed E-state index contributed by atoms with van der Waals surface area (Å²) in [6, 6.07) is 6.13. The Morgan fingerprint density at radius 1 is 1.29 bits per heavy atom. The van der Waals surface area contributed by atoms with Crippen LogP contribution in [0, 0.1) is 28.9 Å². The van der Waals surface area contributed by atoms with Crippen molar-refractivity contribution in [3.63, 3.8) is 0 Å². The smallest absolute Gasteiger partial charge is 0.130 e. The number of rotatable bonds is 3. The number of hydrogen-bond acceptors (Lipinski definition) is 2. The van der Waals surface area contributed by atoms with Gasteiger partial charge >= 0.3 is 0 Å². The van der Waals surface area contributed by atoms with Crippen molar-refractivity contribution in [3.8, 4) is 6.07 Å². The monoisotopic (exact) mass is 236 g/mol. The van der Waals surface area contributed by atoms with Crippen molar-refractivity contribution in [2.75, 3.05) is 0 Å². The third-order valence-corrected chi connectivity index (χ3v) is 3.28. The normalized spacial score (nSPS) is 23.6. The molecule has 90 valence electrons. The molecule has 2 rings (SSSR count). The summed E-state index contributed by atoms with van der Waals surface area (Å²) in [7, 11) is 0. The molecular weight excluding hydrogens is 222 g/mol. The van der Waals surface area contributed by atoms with Crippen LogP contribution in [0.25, 0.3) is 0 Å². The quantitative estimate of drug-likeness (QED) is 0.875. The fourth-order valence-electron chi connectivity index (χ4n) is 2.29. The predicted molar refractivity (Wildman–Crippen MR) is 59.9 cm³/mol. The lowest BCUT2D eigenvalue weighted by molar-refractivity contribution is 0.446. The van der Waals surface area contributed by atoms with E-state index in [0.29, 0.717) is 0 Å². The maximum atomic E-state index is 13.4. The van der Waals surface area contributed by atoms with Crippen LogP contribution in [0.5, 0.6) is 0 Å². The molecule has 1 fully saturated rings. The lowest BCUT2D eigenvalue weighted by Gasteiger charge is -2.16. The van der Waals surface area contributed by atoms with Gasteiger partial charge in [-0.15, -0.1) is 0 Å². The van der Waals surface area contributed by atoms with Gasteiger partial charge in [-0.3, -0.25) is 0 Å². The molecule has 1 aromatic rings. The molecule has 0 radical (unpaired) electrons. The molecule has 1 aromatic carbocycles. The zero-order valence-corrected chi connectivity index (χ0v) is 9.42. The van der Waals surface area contributed by atoms with Crippen LogP contribution in [-0.2, 0) is 6.54 Å². The zero-order chi connectivity index (χ0) is 12.3. The second-order valence-electron chi connectivity index (χ2n) is 4.35. The van der Waals surface area contributed by atoms with Crippen LogP contribution in [0.4, 0.5) is 8.78 Å². The number of benzene rings is 1. The van der Waals surface area contributed by atoms with E-state index in [9.17, 15) is 8.78 Å². The van der Waals surface area contributed by atoms with Gasteiger partial charge in [-0.1, -0.05) is 12.5 Å². The number of nitrogens with zero attached hydrogens (tertiary/aromatic N) is 1. The van der Waals surface area contributed by atoms with Crippen molar-refractivity contribution in [3.05, 3.63) is 35.4 Å². The minimum atomic E-state index is -0.538. The van der Waals surface area contributed by atoms with E-state index in [0.717, 1.165) is 19.3 Å². The van der Waals surface area contributed by atoms with Crippen LogP contribution < -0.4 is 5.32 Å². The second-order valence-corrected chi connectivity index (χ2v) is 4.35. The highest BCUT2D eigenvalue weighted by Gasteiger charge is 2.26. The second kappa shape index (κ2) is 5.24. The standard InChI is InChI=1S/C13H14F2N2/c14-11-4-2-5-12(15)10(11)8-17-13-6-1-3-9(13)7-16/h2,4-5,9,13,17H,1,3,6,8H2. The first kappa shape index (κ1) is 12.0. The minimum absolute atomic E-state index is 0.0372. The fourth-order valence-corrected chi connectivity index (χ4v) is 2.29.